The standard InChI is InChI=1S/C49H48O7/c1-48(35-9-5-3-6-10-35,39-17-25-44(26-18-39)53-31-46-33-55-46)37-13-21-42(22-14-37)51-29-41(50)30-52-43-23-15-38(16-24-43)49(2,36-11-7-4-8-12-36)40-19-27-45(28-20-40)54-32-47-34-56-47/h3-28,41,46-47,50H,29-34H2,1-2H3. The molecule has 0 radical (unpaired) electrons. The van der Waals surface area contributed by atoms with Crippen LogP contribution in [0.1, 0.15) is 47.2 Å². The van der Waals surface area contributed by atoms with Crippen molar-refractivity contribution >= 4 is 0 Å². The molecular weight excluding hydrogens is 701 g/mol. The number of aliphatic hydroxyl groups excluding tert-OH is 1. The highest BCUT2D eigenvalue weighted by molar-refractivity contribution is 5.53. The van der Waals surface area contributed by atoms with E-state index in [2.05, 4.69) is 111 Å². The fourth-order valence-corrected chi connectivity index (χ4v) is 7.22. The topological polar surface area (TPSA) is 82.2 Å². The summed E-state index contributed by atoms with van der Waals surface area (Å²) in [5.41, 5.74) is 6.08. The normalized spacial score (nSPS) is 18.5. The van der Waals surface area contributed by atoms with E-state index in [-0.39, 0.29) is 25.4 Å². The van der Waals surface area contributed by atoms with Crippen LogP contribution in [0.2, 0.25) is 0 Å². The molecule has 6 aromatic rings. The van der Waals surface area contributed by atoms with E-state index in [9.17, 15) is 5.11 Å². The summed E-state index contributed by atoms with van der Waals surface area (Å²) in [6.07, 6.45) is -0.399. The number of aliphatic hydroxyl groups is 1. The van der Waals surface area contributed by atoms with Crippen LogP contribution in [0.5, 0.6) is 23.0 Å². The fraction of sp³-hybridized carbons (Fsp3) is 0.265. The van der Waals surface area contributed by atoms with Gasteiger partial charge in [-0.1, -0.05) is 109 Å². The highest BCUT2D eigenvalue weighted by Gasteiger charge is 2.33. The summed E-state index contributed by atoms with van der Waals surface area (Å²) in [4.78, 5) is 0. The highest BCUT2D eigenvalue weighted by atomic mass is 16.6. The van der Waals surface area contributed by atoms with Crippen LogP contribution in [0.4, 0.5) is 0 Å². The van der Waals surface area contributed by atoms with Crippen molar-refractivity contribution in [3.63, 3.8) is 0 Å². The molecule has 4 atom stereocenters. The van der Waals surface area contributed by atoms with Crippen molar-refractivity contribution in [2.45, 2.75) is 43.0 Å². The van der Waals surface area contributed by atoms with Gasteiger partial charge in [0.25, 0.3) is 0 Å². The van der Waals surface area contributed by atoms with E-state index in [1.54, 1.807) is 0 Å². The van der Waals surface area contributed by atoms with Crippen LogP contribution in [0.15, 0.2) is 158 Å². The number of hydrogen-bond donors (Lipinski definition) is 1. The molecule has 0 aliphatic carbocycles. The van der Waals surface area contributed by atoms with Gasteiger partial charge in [-0.3, -0.25) is 0 Å². The lowest BCUT2D eigenvalue weighted by molar-refractivity contribution is 0.0626. The van der Waals surface area contributed by atoms with Gasteiger partial charge in [0, 0.05) is 10.8 Å². The number of epoxide rings is 2. The molecule has 0 bridgehead atoms. The summed E-state index contributed by atoms with van der Waals surface area (Å²) in [5, 5.41) is 10.8. The van der Waals surface area contributed by atoms with Crippen molar-refractivity contribution in [2.75, 3.05) is 39.6 Å². The van der Waals surface area contributed by atoms with Crippen LogP contribution in [-0.4, -0.2) is 63.1 Å². The highest BCUT2D eigenvalue weighted by Crippen LogP contribution is 2.41. The van der Waals surface area contributed by atoms with Crippen molar-refractivity contribution in [2.24, 2.45) is 0 Å². The van der Waals surface area contributed by atoms with Crippen LogP contribution < -0.4 is 18.9 Å². The third-order valence-corrected chi connectivity index (χ3v) is 11.0. The molecule has 286 valence electrons. The lowest BCUT2D eigenvalue weighted by Gasteiger charge is -2.32. The van der Waals surface area contributed by atoms with Gasteiger partial charge >= 0.3 is 0 Å². The minimum atomic E-state index is -0.821. The number of hydrogen-bond acceptors (Lipinski definition) is 7. The van der Waals surface area contributed by atoms with Crippen LogP contribution in [0.25, 0.3) is 0 Å². The van der Waals surface area contributed by atoms with Gasteiger partial charge in [0.15, 0.2) is 0 Å². The molecule has 2 aliphatic heterocycles. The predicted molar refractivity (Wildman–Crippen MR) is 217 cm³/mol. The lowest BCUT2D eigenvalue weighted by atomic mass is 9.71. The first-order valence-corrected chi connectivity index (χ1v) is 19.3. The van der Waals surface area contributed by atoms with Gasteiger partial charge in [0.05, 0.1) is 13.2 Å². The zero-order valence-electron chi connectivity index (χ0n) is 31.9. The zero-order chi connectivity index (χ0) is 38.4. The Morgan fingerprint density at radius 1 is 0.446 bits per heavy atom. The number of rotatable bonds is 18. The van der Waals surface area contributed by atoms with Crippen molar-refractivity contribution in [3.8, 4) is 23.0 Å². The first-order valence-electron chi connectivity index (χ1n) is 19.3. The van der Waals surface area contributed by atoms with E-state index in [1.807, 2.05) is 60.7 Å². The minimum Gasteiger partial charge on any atom is -0.491 e. The zero-order valence-corrected chi connectivity index (χ0v) is 31.9. The maximum absolute atomic E-state index is 10.8. The third-order valence-electron chi connectivity index (χ3n) is 11.0. The van der Waals surface area contributed by atoms with E-state index in [0.717, 1.165) is 47.0 Å². The monoisotopic (exact) mass is 748 g/mol. The molecule has 2 aliphatic rings. The Kier molecular flexibility index (Phi) is 11.1. The van der Waals surface area contributed by atoms with Crippen LogP contribution in [0, 0.1) is 0 Å². The van der Waals surface area contributed by atoms with Crippen molar-refractivity contribution in [1.82, 2.24) is 0 Å². The summed E-state index contributed by atoms with van der Waals surface area (Å²) in [7, 11) is 0. The molecule has 7 nitrogen and oxygen atoms in total. The third kappa shape index (κ3) is 8.61. The van der Waals surface area contributed by atoms with E-state index >= 15 is 0 Å². The largest absolute Gasteiger partial charge is 0.491 e. The minimum absolute atomic E-state index is 0.0974. The Morgan fingerprint density at radius 2 is 0.714 bits per heavy atom. The molecule has 6 aromatic carbocycles. The van der Waals surface area contributed by atoms with Crippen LogP contribution >= 0.6 is 0 Å². The fourth-order valence-electron chi connectivity index (χ4n) is 7.22. The Labute approximate surface area is 329 Å². The smallest absolute Gasteiger partial charge is 0.122 e. The molecule has 8 rings (SSSR count). The Morgan fingerprint density at radius 3 is 1.00 bits per heavy atom. The average molecular weight is 749 g/mol. The Bertz CT molecular complexity index is 1970. The molecule has 0 saturated carbocycles. The lowest BCUT2D eigenvalue weighted by Crippen LogP contribution is -2.26. The molecule has 0 aromatic heterocycles. The predicted octanol–water partition coefficient (Wildman–Crippen LogP) is 8.77. The molecule has 0 spiro atoms. The van der Waals surface area contributed by atoms with Gasteiger partial charge in [0.1, 0.15) is 67.7 Å². The average Bonchev–Trinajstić information content (AvgIpc) is 4.21. The van der Waals surface area contributed by atoms with Crippen LogP contribution in [0.3, 0.4) is 0 Å². The second-order valence-corrected chi connectivity index (χ2v) is 14.9. The van der Waals surface area contributed by atoms with Crippen molar-refractivity contribution in [3.05, 3.63) is 191 Å². The van der Waals surface area contributed by atoms with E-state index in [0.29, 0.717) is 24.7 Å². The molecular formula is C49H48O7. The summed E-state index contributed by atoms with van der Waals surface area (Å²) < 4.78 is 34.4. The van der Waals surface area contributed by atoms with Crippen molar-refractivity contribution in [1.29, 1.82) is 0 Å². The maximum atomic E-state index is 10.8. The molecule has 1 N–H and O–H groups in total. The quantitative estimate of drug-likeness (QED) is 0.0696. The first kappa shape index (κ1) is 37.3. The Balaban J connectivity index is 0.890. The molecule has 56 heavy (non-hydrogen) atoms. The molecule has 4 unspecified atom stereocenters. The molecule has 2 fully saturated rings. The second kappa shape index (κ2) is 16.6. The van der Waals surface area contributed by atoms with Gasteiger partial charge in [-0.05, 0) is 95.8 Å². The van der Waals surface area contributed by atoms with Gasteiger partial charge in [-0.15, -0.1) is 0 Å². The van der Waals surface area contributed by atoms with Gasteiger partial charge < -0.3 is 33.5 Å². The summed E-state index contributed by atoms with van der Waals surface area (Å²) in [5.74, 6) is 3.01. The van der Waals surface area contributed by atoms with E-state index in [4.69, 9.17) is 28.4 Å². The van der Waals surface area contributed by atoms with Crippen LogP contribution in [-0.2, 0) is 20.3 Å². The molecule has 7 heteroatoms. The molecule has 2 heterocycles. The SMILES string of the molecule is CC(c1ccccc1)(c1ccc(OCC(O)COc2ccc(C(C)(c3ccccc3)c3ccc(OCC4CO4)cc3)cc2)cc1)c1ccc(OCC2CO2)cc1. The first-order chi connectivity index (χ1) is 27.4. The Hall–Kier alpha value is -5.60. The van der Waals surface area contributed by atoms with Gasteiger partial charge in [-0.2, -0.15) is 0 Å². The van der Waals surface area contributed by atoms with Gasteiger partial charge in [-0.25, -0.2) is 0 Å². The maximum Gasteiger partial charge on any atom is 0.122 e. The van der Waals surface area contributed by atoms with E-state index < -0.39 is 16.9 Å². The van der Waals surface area contributed by atoms with Crippen molar-refractivity contribution < 1.29 is 33.5 Å². The van der Waals surface area contributed by atoms with Gasteiger partial charge in [0.2, 0.25) is 0 Å². The summed E-state index contributed by atoms with van der Waals surface area (Å²) in [6.45, 7) is 7.36. The van der Waals surface area contributed by atoms with E-state index in [1.165, 1.54) is 11.1 Å². The number of benzene rings is 6. The summed E-state index contributed by atoms with van der Waals surface area (Å²) in [6, 6.07) is 53.9. The summed E-state index contributed by atoms with van der Waals surface area (Å²) >= 11 is 0. The number of ether oxygens (including phenoxy) is 6. The molecule has 2 saturated heterocycles. The molecule has 0 amide bonds. The second-order valence-electron chi connectivity index (χ2n) is 14.9.